The van der Waals surface area contributed by atoms with Crippen LogP contribution in [0, 0.1) is 11.3 Å². The Bertz CT molecular complexity index is 1140. The largest absolute Gasteiger partial charge is 0.382 e. The summed E-state index contributed by atoms with van der Waals surface area (Å²) in [6.07, 6.45) is 6.50. The zero-order chi connectivity index (χ0) is 18.8. The number of aromatic nitrogens is 6. The molecule has 0 spiro atoms. The zero-order valence-electron chi connectivity index (χ0n) is 14.4. The van der Waals surface area contributed by atoms with E-state index in [1.54, 1.807) is 23.1 Å². The SMILES string of the molecule is CC(Nc1ncnc(N)c1C#N)c1cc2nccn2nc1-c1ccccn1. The van der Waals surface area contributed by atoms with Gasteiger partial charge < -0.3 is 11.1 Å². The van der Waals surface area contributed by atoms with E-state index in [0.29, 0.717) is 17.2 Å². The molecule has 4 aromatic heterocycles. The highest BCUT2D eigenvalue weighted by molar-refractivity contribution is 5.66. The van der Waals surface area contributed by atoms with E-state index in [4.69, 9.17) is 5.73 Å². The number of nitrogens with two attached hydrogens (primary N) is 1. The summed E-state index contributed by atoms with van der Waals surface area (Å²) in [5.41, 5.74) is 9.01. The Balaban J connectivity index is 1.81. The maximum atomic E-state index is 9.34. The molecule has 4 rings (SSSR count). The molecule has 1 atom stereocenters. The molecule has 4 aromatic rings. The average Bonchev–Trinajstić information content (AvgIpc) is 3.15. The number of nitriles is 1. The zero-order valence-corrected chi connectivity index (χ0v) is 14.4. The fourth-order valence-electron chi connectivity index (χ4n) is 2.80. The van der Waals surface area contributed by atoms with Crippen LogP contribution in [-0.2, 0) is 0 Å². The first-order chi connectivity index (χ1) is 13.2. The number of hydrogen-bond donors (Lipinski definition) is 2. The van der Waals surface area contributed by atoms with Gasteiger partial charge in [-0.3, -0.25) is 4.98 Å². The number of anilines is 2. The third-order valence-corrected chi connectivity index (χ3v) is 4.13. The second kappa shape index (κ2) is 6.68. The second-order valence-corrected chi connectivity index (χ2v) is 5.85. The first-order valence-corrected chi connectivity index (χ1v) is 8.20. The van der Waals surface area contributed by atoms with Gasteiger partial charge in [0.15, 0.2) is 5.65 Å². The number of hydrogen-bond acceptors (Lipinski definition) is 8. The lowest BCUT2D eigenvalue weighted by atomic mass is 10.0. The molecule has 0 saturated carbocycles. The van der Waals surface area contributed by atoms with Crippen LogP contribution in [0.1, 0.15) is 24.1 Å². The van der Waals surface area contributed by atoms with Gasteiger partial charge in [-0.05, 0) is 25.1 Å². The average molecular weight is 357 g/mol. The van der Waals surface area contributed by atoms with Gasteiger partial charge in [-0.1, -0.05) is 6.07 Å². The molecule has 1 unspecified atom stereocenters. The molecular weight excluding hydrogens is 342 g/mol. The summed E-state index contributed by atoms with van der Waals surface area (Å²) in [4.78, 5) is 16.7. The van der Waals surface area contributed by atoms with Crippen molar-refractivity contribution in [2.45, 2.75) is 13.0 Å². The van der Waals surface area contributed by atoms with Gasteiger partial charge in [0.2, 0.25) is 0 Å². The van der Waals surface area contributed by atoms with Crippen LogP contribution in [0.2, 0.25) is 0 Å². The molecule has 0 aliphatic carbocycles. The van der Waals surface area contributed by atoms with Gasteiger partial charge in [0.05, 0.1) is 11.7 Å². The molecule has 0 bridgehead atoms. The summed E-state index contributed by atoms with van der Waals surface area (Å²) < 4.78 is 1.70. The number of nitrogen functional groups attached to an aromatic ring is 1. The van der Waals surface area contributed by atoms with Crippen molar-refractivity contribution in [2.24, 2.45) is 0 Å². The number of rotatable bonds is 4. The first-order valence-electron chi connectivity index (χ1n) is 8.20. The van der Waals surface area contributed by atoms with Crippen molar-refractivity contribution in [1.82, 2.24) is 29.5 Å². The number of nitrogens with zero attached hydrogens (tertiary/aromatic N) is 7. The molecule has 0 aliphatic rings. The van der Waals surface area contributed by atoms with Crippen molar-refractivity contribution < 1.29 is 0 Å². The lowest BCUT2D eigenvalue weighted by Gasteiger charge is -2.18. The quantitative estimate of drug-likeness (QED) is 0.568. The lowest BCUT2D eigenvalue weighted by Crippen LogP contribution is -2.14. The summed E-state index contributed by atoms with van der Waals surface area (Å²) >= 11 is 0. The minimum absolute atomic E-state index is 0.133. The van der Waals surface area contributed by atoms with Crippen LogP contribution in [0.15, 0.2) is 49.2 Å². The molecule has 0 amide bonds. The predicted octanol–water partition coefficient (Wildman–Crippen LogP) is 2.21. The van der Waals surface area contributed by atoms with Gasteiger partial charge in [-0.2, -0.15) is 10.4 Å². The van der Waals surface area contributed by atoms with E-state index in [-0.39, 0.29) is 17.4 Å². The Kier molecular flexibility index (Phi) is 4.06. The standard InChI is InChI=1S/C18H15N9/c1-11(25-18-13(9-19)17(20)23-10-24-18)12-8-15-22-6-7-27(15)26-16(12)14-4-2-3-5-21-14/h2-8,10-11H,1H3,(H3,20,23,24,25). The normalized spacial score (nSPS) is 11.9. The topological polar surface area (TPSA) is 131 Å². The summed E-state index contributed by atoms with van der Waals surface area (Å²) in [6, 6.07) is 9.38. The molecule has 9 heteroatoms. The van der Waals surface area contributed by atoms with Crippen molar-refractivity contribution in [1.29, 1.82) is 5.26 Å². The van der Waals surface area contributed by atoms with Crippen molar-refractivity contribution >= 4 is 17.3 Å². The van der Waals surface area contributed by atoms with E-state index in [9.17, 15) is 5.26 Å². The monoisotopic (exact) mass is 357 g/mol. The first kappa shape index (κ1) is 16.4. The number of pyridine rings is 1. The maximum Gasteiger partial charge on any atom is 0.153 e. The molecule has 0 fully saturated rings. The predicted molar refractivity (Wildman–Crippen MR) is 99.4 cm³/mol. The lowest BCUT2D eigenvalue weighted by molar-refractivity contribution is 0.837. The van der Waals surface area contributed by atoms with Gasteiger partial charge in [-0.25, -0.2) is 19.5 Å². The van der Waals surface area contributed by atoms with E-state index < -0.39 is 0 Å². The molecule has 4 heterocycles. The smallest absolute Gasteiger partial charge is 0.153 e. The van der Waals surface area contributed by atoms with Gasteiger partial charge in [0.1, 0.15) is 35.3 Å². The van der Waals surface area contributed by atoms with Crippen LogP contribution >= 0.6 is 0 Å². The summed E-state index contributed by atoms with van der Waals surface area (Å²) in [5, 5.41) is 17.2. The highest BCUT2D eigenvalue weighted by Gasteiger charge is 2.19. The summed E-state index contributed by atoms with van der Waals surface area (Å²) in [5.74, 6) is 0.502. The van der Waals surface area contributed by atoms with E-state index in [0.717, 1.165) is 11.3 Å². The van der Waals surface area contributed by atoms with Crippen LogP contribution in [0.3, 0.4) is 0 Å². The maximum absolute atomic E-state index is 9.34. The van der Waals surface area contributed by atoms with Gasteiger partial charge >= 0.3 is 0 Å². The van der Waals surface area contributed by atoms with E-state index in [1.807, 2.05) is 37.3 Å². The molecule has 0 saturated heterocycles. The summed E-state index contributed by atoms with van der Waals surface area (Å²) in [7, 11) is 0. The Hall–Kier alpha value is -4.06. The molecule has 0 aliphatic heterocycles. The van der Waals surface area contributed by atoms with E-state index >= 15 is 0 Å². The number of nitrogens with one attached hydrogen (secondary N) is 1. The molecule has 9 nitrogen and oxygen atoms in total. The van der Waals surface area contributed by atoms with Gasteiger partial charge in [-0.15, -0.1) is 0 Å². The van der Waals surface area contributed by atoms with E-state index in [2.05, 4.69) is 30.4 Å². The molecule has 0 aromatic carbocycles. The Morgan fingerprint density at radius 3 is 2.85 bits per heavy atom. The van der Waals surface area contributed by atoms with Crippen LogP contribution < -0.4 is 11.1 Å². The van der Waals surface area contributed by atoms with Crippen molar-refractivity contribution in [3.8, 4) is 17.5 Å². The Labute approximate surface area is 154 Å². The number of fused-ring (bicyclic) bond motifs is 1. The van der Waals surface area contributed by atoms with Gasteiger partial charge in [0, 0.05) is 24.2 Å². The van der Waals surface area contributed by atoms with E-state index in [1.165, 1.54) is 6.33 Å². The minimum atomic E-state index is -0.238. The third-order valence-electron chi connectivity index (χ3n) is 4.13. The van der Waals surface area contributed by atoms with Crippen molar-refractivity contribution in [3.63, 3.8) is 0 Å². The van der Waals surface area contributed by atoms with Crippen molar-refractivity contribution in [2.75, 3.05) is 11.1 Å². The fourth-order valence-corrected chi connectivity index (χ4v) is 2.80. The molecule has 132 valence electrons. The fraction of sp³-hybridized carbons (Fsp3) is 0.111. The molecular formula is C18H15N9. The Morgan fingerprint density at radius 1 is 1.19 bits per heavy atom. The molecule has 0 radical (unpaired) electrons. The summed E-state index contributed by atoms with van der Waals surface area (Å²) in [6.45, 7) is 1.95. The minimum Gasteiger partial charge on any atom is -0.382 e. The van der Waals surface area contributed by atoms with Gasteiger partial charge in [0.25, 0.3) is 0 Å². The van der Waals surface area contributed by atoms with Crippen LogP contribution in [0.5, 0.6) is 0 Å². The highest BCUT2D eigenvalue weighted by Crippen LogP contribution is 2.29. The molecule has 27 heavy (non-hydrogen) atoms. The van der Waals surface area contributed by atoms with Crippen LogP contribution in [-0.4, -0.2) is 29.5 Å². The molecule has 3 N–H and O–H groups in total. The highest BCUT2D eigenvalue weighted by atomic mass is 15.2. The van der Waals surface area contributed by atoms with Crippen molar-refractivity contribution in [3.05, 3.63) is 60.3 Å². The van der Waals surface area contributed by atoms with Crippen LogP contribution in [0.4, 0.5) is 11.6 Å². The number of imidazole rings is 1. The van der Waals surface area contributed by atoms with Crippen LogP contribution in [0.25, 0.3) is 17.0 Å². The third kappa shape index (κ3) is 3.00. The Morgan fingerprint density at radius 2 is 2.07 bits per heavy atom. The second-order valence-electron chi connectivity index (χ2n) is 5.85.